The van der Waals surface area contributed by atoms with Crippen LogP contribution in [0.15, 0.2) is 24.5 Å². The summed E-state index contributed by atoms with van der Waals surface area (Å²) < 4.78 is 7.73. The molecule has 15 heavy (non-hydrogen) atoms. The van der Waals surface area contributed by atoms with Crippen molar-refractivity contribution in [2.24, 2.45) is 0 Å². The standard InChI is InChI=1S/C12H18N2O/c1-10(2)14-9-12(8-13-14)15-11-6-4-3-5-7-11/h4,6,8-11H,3,5,7H2,1-2H3. The van der Waals surface area contributed by atoms with E-state index < -0.39 is 0 Å². The van der Waals surface area contributed by atoms with E-state index in [1.54, 1.807) is 6.20 Å². The largest absolute Gasteiger partial charge is 0.483 e. The molecule has 1 atom stereocenters. The third-order valence-electron chi connectivity index (χ3n) is 2.60. The molecule has 1 heterocycles. The quantitative estimate of drug-likeness (QED) is 0.711. The Hall–Kier alpha value is -1.25. The molecular formula is C12H18N2O. The van der Waals surface area contributed by atoms with Gasteiger partial charge in [0.2, 0.25) is 0 Å². The SMILES string of the molecule is CC(C)n1cc(OC2C=CCCC2)cn1. The molecule has 0 N–H and O–H groups in total. The molecule has 1 aliphatic carbocycles. The fraction of sp³-hybridized carbons (Fsp3) is 0.583. The van der Waals surface area contributed by atoms with Crippen LogP contribution in [0.25, 0.3) is 0 Å². The van der Waals surface area contributed by atoms with Crippen LogP contribution in [-0.2, 0) is 0 Å². The number of rotatable bonds is 3. The van der Waals surface area contributed by atoms with E-state index in [1.807, 2.05) is 10.9 Å². The van der Waals surface area contributed by atoms with E-state index >= 15 is 0 Å². The number of aromatic nitrogens is 2. The van der Waals surface area contributed by atoms with Gasteiger partial charge in [0.05, 0.1) is 12.4 Å². The van der Waals surface area contributed by atoms with Crippen LogP contribution in [0.1, 0.15) is 39.2 Å². The second-order valence-electron chi connectivity index (χ2n) is 4.27. The van der Waals surface area contributed by atoms with Crippen LogP contribution < -0.4 is 4.74 Å². The Morgan fingerprint density at radius 2 is 2.40 bits per heavy atom. The van der Waals surface area contributed by atoms with E-state index in [1.165, 1.54) is 12.8 Å². The van der Waals surface area contributed by atoms with Crippen LogP contribution >= 0.6 is 0 Å². The van der Waals surface area contributed by atoms with Crippen molar-refractivity contribution in [2.75, 3.05) is 0 Å². The first-order valence-corrected chi connectivity index (χ1v) is 5.63. The second kappa shape index (κ2) is 4.51. The van der Waals surface area contributed by atoms with Gasteiger partial charge >= 0.3 is 0 Å². The summed E-state index contributed by atoms with van der Waals surface area (Å²) in [5, 5.41) is 4.25. The van der Waals surface area contributed by atoms with Gasteiger partial charge in [-0.25, -0.2) is 0 Å². The van der Waals surface area contributed by atoms with Gasteiger partial charge in [-0.3, -0.25) is 4.68 Å². The lowest BCUT2D eigenvalue weighted by Gasteiger charge is -2.16. The highest BCUT2D eigenvalue weighted by molar-refractivity contribution is 5.14. The molecule has 0 saturated heterocycles. The minimum Gasteiger partial charge on any atom is -0.483 e. The van der Waals surface area contributed by atoms with Crippen molar-refractivity contribution in [1.29, 1.82) is 0 Å². The van der Waals surface area contributed by atoms with Crippen molar-refractivity contribution >= 4 is 0 Å². The molecule has 0 spiro atoms. The van der Waals surface area contributed by atoms with Gasteiger partial charge in [0, 0.05) is 6.04 Å². The summed E-state index contributed by atoms with van der Waals surface area (Å²) in [6.07, 6.45) is 11.9. The topological polar surface area (TPSA) is 27.1 Å². The molecule has 3 nitrogen and oxygen atoms in total. The molecule has 0 bridgehead atoms. The predicted molar refractivity (Wildman–Crippen MR) is 60.0 cm³/mol. The van der Waals surface area contributed by atoms with Gasteiger partial charge in [0.25, 0.3) is 0 Å². The van der Waals surface area contributed by atoms with E-state index in [4.69, 9.17) is 4.74 Å². The average Bonchev–Trinajstić information content (AvgIpc) is 2.68. The molecule has 0 amide bonds. The van der Waals surface area contributed by atoms with Crippen LogP contribution in [-0.4, -0.2) is 15.9 Å². The Balaban J connectivity index is 1.98. The Morgan fingerprint density at radius 3 is 3.00 bits per heavy atom. The molecule has 1 aromatic heterocycles. The summed E-state index contributed by atoms with van der Waals surface area (Å²) in [6, 6.07) is 0.393. The maximum atomic E-state index is 5.82. The van der Waals surface area contributed by atoms with Crippen molar-refractivity contribution in [2.45, 2.75) is 45.3 Å². The molecule has 82 valence electrons. The lowest BCUT2D eigenvalue weighted by atomic mass is 10.1. The van der Waals surface area contributed by atoms with Crippen molar-refractivity contribution < 1.29 is 4.74 Å². The maximum Gasteiger partial charge on any atom is 0.158 e. The van der Waals surface area contributed by atoms with Gasteiger partial charge in [0.15, 0.2) is 5.75 Å². The van der Waals surface area contributed by atoms with Crippen molar-refractivity contribution in [3.63, 3.8) is 0 Å². The number of nitrogens with zero attached hydrogens (tertiary/aromatic N) is 2. The molecular weight excluding hydrogens is 188 g/mol. The lowest BCUT2D eigenvalue weighted by Crippen LogP contribution is -2.15. The summed E-state index contributed by atoms with van der Waals surface area (Å²) in [5.41, 5.74) is 0. The number of hydrogen-bond acceptors (Lipinski definition) is 2. The van der Waals surface area contributed by atoms with Crippen LogP contribution in [0, 0.1) is 0 Å². The zero-order valence-electron chi connectivity index (χ0n) is 9.39. The van der Waals surface area contributed by atoms with E-state index in [2.05, 4.69) is 31.1 Å². The number of ether oxygens (including phenoxy) is 1. The Morgan fingerprint density at radius 1 is 1.53 bits per heavy atom. The predicted octanol–water partition coefficient (Wildman–Crippen LogP) is 2.95. The molecule has 0 radical (unpaired) electrons. The first-order valence-electron chi connectivity index (χ1n) is 5.63. The summed E-state index contributed by atoms with van der Waals surface area (Å²) in [4.78, 5) is 0. The molecule has 1 aromatic rings. The van der Waals surface area contributed by atoms with Gasteiger partial charge in [0.1, 0.15) is 6.10 Å². The maximum absolute atomic E-state index is 5.82. The normalized spacial score (nSPS) is 20.9. The third kappa shape index (κ3) is 2.61. The Kier molecular flexibility index (Phi) is 3.09. The summed E-state index contributed by atoms with van der Waals surface area (Å²) >= 11 is 0. The van der Waals surface area contributed by atoms with Crippen LogP contribution in [0.5, 0.6) is 5.75 Å². The minimum atomic E-state index is 0.239. The third-order valence-corrected chi connectivity index (χ3v) is 2.60. The van der Waals surface area contributed by atoms with E-state index in [-0.39, 0.29) is 6.10 Å². The second-order valence-corrected chi connectivity index (χ2v) is 4.27. The van der Waals surface area contributed by atoms with E-state index in [9.17, 15) is 0 Å². The number of hydrogen-bond donors (Lipinski definition) is 0. The van der Waals surface area contributed by atoms with Gasteiger partial charge in [-0.15, -0.1) is 0 Å². The van der Waals surface area contributed by atoms with Gasteiger partial charge in [-0.05, 0) is 39.2 Å². The molecule has 1 unspecified atom stereocenters. The van der Waals surface area contributed by atoms with Gasteiger partial charge < -0.3 is 4.74 Å². The smallest absolute Gasteiger partial charge is 0.158 e. The van der Waals surface area contributed by atoms with E-state index in [0.717, 1.165) is 12.2 Å². The summed E-state index contributed by atoms with van der Waals surface area (Å²) in [6.45, 7) is 4.22. The summed E-state index contributed by atoms with van der Waals surface area (Å²) in [7, 11) is 0. The van der Waals surface area contributed by atoms with Crippen molar-refractivity contribution in [3.8, 4) is 5.75 Å². The van der Waals surface area contributed by atoms with Crippen molar-refractivity contribution in [1.82, 2.24) is 9.78 Å². The molecule has 1 aliphatic rings. The van der Waals surface area contributed by atoms with E-state index in [0.29, 0.717) is 6.04 Å². The fourth-order valence-electron chi connectivity index (χ4n) is 1.72. The first-order chi connectivity index (χ1) is 7.25. The molecule has 0 aromatic carbocycles. The fourth-order valence-corrected chi connectivity index (χ4v) is 1.72. The molecule has 3 heteroatoms. The zero-order chi connectivity index (χ0) is 10.7. The molecule has 2 rings (SSSR count). The highest BCUT2D eigenvalue weighted by Gasteiger charge is 2.11. The molecule has 0 aliphatic heterocycles. The highest BCUT2D eigenvalue weighted by Crippen LogP contribution is 2.19. The van der Waals surface area contributed by atoms with Gasteiger partial charge in [-0.2, -0.15) is 5.10 Å². The van der Waals surface area contributed by atoms with Crippen LogP contribution in [0.2, 0.25) is 0 Å². The minimum absolute atomic E-state index is 0.239. The lowest BCUT2D eigenvalue weighted by molar-refractivity contribution is 0.229. The Labute approximate surface area is 90.7 Å². The number of allylic oxidation sites excluding steroid dienone is 1. The monoisotopic (exact) mass is 206 g/mol. The summed E-state index contributed by atoms with van der Waals surface area (Å²) in [5.74, 6) is 0.875. The Bertz CT molecular complexity index is 341. The average molecular weight is 206 g/mol. The van der Waals surface area contributed by atoms with Crippen LogP contribution in [0.3, 0.4) is 0 Å². The zero-order valence-corrected chi connectivity index (χ0v) is 9.39. The van der Waals surface area contributed by atoms with Crippen LogP contribution in [0.4, 0.5) is 0 Å². The highest BCUT2D eigenvalue weighted by atomic mass is 16.5. The van der Waals surface area contributed by atoms with Crippen molar-refractivity contribution in [3.05, 3.63) is 24.5 Å². The molecule has 0 fully saturated rings. The van der Waals surface area contributed by atoms with Gasteiger partial charge in [-0.1, -0.05) is 6.08 Å². The molecule has 0 saturated carbocycles. The first kappa shape index (κ1) is 10.3.